The average molecular weight is 784 g/mol. The molecule has 0 unspecified atom stereocenters. The fourth-order valence-electron chi connectivity index (χ4n) is 2.37. The van der Waals surface area contributed by atoms with Crippen LogP contribution < -0.4 is 5.66 Å². The van der Waals surface area contributed by atoms with E-state index < -0.39 is 13.0 Å². The van der Waals surface area contributed by atoms with Crippen LogP contribution in [0.2, 0.25) is 0 Å². The summed E-state index contributed by atoms with van der Waals surface area (Å²) in [4.78, 5) is 52.4. The van der Waals surface area contributed by atoms with Crippen molar-refractivity contribution in [1.82, 2.24) is 19.9 Å². The first-order valence-electron chi connectivity index (χ1n) is 13.1. The smallest absolute Gasteiger partial charge is 0.459 e. The largest absolute Gasteiger partial charge is 0.526 e. The Balaban J connectivity index is 0. The topological polar surface area (TPSA) is 189 Å². The molecule has 0 aromatic carbocycles. The van der Waals surface area contributed by atoms with Crippen molar-refractivity contribution in [2.24, 2.45) is 0 Å². The molecule has 0 aliphatic heterocycles. The SMILES string of the molecule is Brc1ccco1.CN(C)CCOCCN(C)C.CON(C)C(=O)c1ccc(B(O)O)o1.CON(C)C(=O)c1ccc(Br)o1.O=C=O. The number of amides is 2. The van der Waals surface area contributed by atoms with Gasteiger partial charge in [-0.1, -0.05) is 0 Å². The maximum atomic E-state index is 11.4. The minimum atomic E-state index is -1.72. The van der Waals surface area contributed by atoms with E-state index in [0.717, 1.165) is 41.1 Å². The van der Waals surface area contributed by atoms with E-state index in [4.69, 9.17) is 37.6 Å². The molecule has 0 radical (unpaired) electrons. The Hall–Kier alpha value is -3.10. The number of carbonyl (C=O) groups is 2. The molecule has 0 saturated heterocycles. The van der Waals surface area contributed by atoms with E-state index in [-0.39, 0.29) is 29.2 Å². The molecule has 0 aliphatic carbocycles. The highest BCUT2D eigenvalue weighted by Gasteiger charge is 2.21. The van der Waals surface area contributed by atoms with E-state index in [9.17, 15) is 9.59 Å². The summed E-state index contributed by atoms with van der Waals surface area (Å²) in [5.41, 5.74) is -0.0853. The van der Waals surface area contributed by atoms with Gasteiger partial charge in [-0.3, -0.25) is 19.3 Å². The van der Waals surface area contributed by atoms with Gasteiger partial charge in [0.2, 0.25) is 0 Å². The summed E-state index contributed by atoms with van der Waals surface area (Å²) < 4.78 is 21.3. The maximum absolute atomic E-state index is 11.4. The van der Waals surface area contributed by atoms with Crippen LogP contribution in [0.25, 0.3) is 0 Å². The molecule has 46 heavy (non-hydrogen) atoms. The van der Waals surface area contributed by atoms with Crippen LogP contribution in [0.15, 0.2) is 65.3 Å². The second-order valence-electron chi connectivity index (χ2n) is 8.87. The molecule has 0 fully saturated rings. The third-order valence-electron chi connectivity index (χ3n) is 4.85. The Kier molecular flexibility index (Phi) is 26.5. The molecule has 0 bridgehead atoms. The summed E-state index contributed by atoms with van der Waals surface area (Å²) in [6.45, 7) is 3.68. The standard InChI is InChI=1S/C8H20N2O.C7H10BNO5.C7H8BrNO3.C4H3BrO.CO2/c1-9(2)5-7-11-8-6-10(3)4;1-9(13-2)7(10)5-3-4-6(14-5)8(11)12;1-9(11-2)7(10)5-3-4-6(8)12-5;5-4-2-1-3-6-4;2-1-3/h5-8H2,1-4H3;3-4,11-12H,1-2H3;3-4H,1-2H3;1-3H;. The minimum absolute atomic E-state index is 0.0162. The molecule has 19 heteroatoms. The molecule has 3 aromatic heterocycles. The van der Waals surface area contributed by atoms with E-state index in [0.29, 0.717) is 4.67 Å². The van der Waals surface area contributed by atoms with Crippen LogP contribution in [-0.2, 0) is 24.0 Å². The van der Waals surface area contributed by atoms with Crippen molar-refractivity contribution in [1.29, 1.82) is 0 Å². The zero-order valence-corrected chi connectivity index (χ0v) is 30.1. The second kappa shape index (κ2) is 27.1. The highest BCUT2D eigenvalue weighted by molar-refractivity contribution is 9.10. The number of ether oxygens (including phenoxy) is 1. The molecule has 0 saturated carbocycles. The third kappa shape index (κ3) is 22.4. The van der Waals surface area contributed by atoms with Gasteiger partial charge in [0.15, 0.2) is 20.9 Å². The number of carbonyl (C=O) groups excluding carboxylic acids is 4. The maximum Gasteiger partial charge on any atom is 0.526 e. The van der Waals surface area contributed by atoms with E-state index in [1.54, 1.807) is 18.4 Å². The molecule has 3 aromatic rings. The first-order valence-corrected chi connectivity index (χ1v) is 14.6. The summed E-state index contributed by atoms with van der Waals surface area (Å²) in [6.07, 6.45) is 1.87. The van der Waals surface area contributed by atoms with Gasteiger partial charge in [-0.05, 0) is 96.4 Å². The van der Waals surface area contributed by atoms with Crippen molar-refractivity contribution in [3.8, 4) is 0 Å². The summed E-state index contributed by atoms with van der Waals surface area (Å²) in [7, 11) is 12.2. The van der Waals surface area contributed by atoms with E-state index in [1.165, 1.54) is 40.4 Å². The lowest BCUT2D eigenvalue weighted by Crippen LogP contribution is -2.29. The van der Waals surface area contributed by atoms with Crippen molar-refractivity contribution < 1.29 is 56.9 Å². The minimum Gasteiger partial charge on any atom is -0.459 e. The van der Waals surface area contributed by atoms with Gasteiger partial charge < -0.3 is 37.8 Å². The molecule has 2 N–H and O–H groups in total. The van der Waals surface area contributed by atoms with Gasteiger partial charge in [-0.15, -0.1) is 0 Å². The molecular formula is C27H41BBr2N4O12. The second-order valence-corrected chi connectivity index (χ2v) is 10.4. The van der Waals surface area contributed by atoms with Gasteiger partial charge in [-0.2, -0.15) is 9.59 Å². The van der Waals surface area contributed by atoms with Crippen molar-refractivity contribution in [3.63, 3.8) is 0 Å². The lowest BCUT2D eigenvalue weighted by molar-refractivity contribution is -0.191. The van der Waals surface area contributed by atoms with Gasteiger partial charge in [0.25, 0.3) is 0 Å². The van der Waals surface area contributed by atoms with Crippen LogP contribution in [0.1, 0.15) is 21.1 Å². The predicted molar refractivity (Wildman–Crippen MR) is 172 cm³/mol. The summed E-state index contributed by atoms with van der Waals surface area (Å²) >= 11 is 6.21. The third-order valence-corrected chi connectivity index (χ3v) is 5.73. The fourth-order valence-corrected chi connectivity index (χ4v) is 2.93. The first-order chi connectivity index (χ1) is 21.6. The Morgan fingerprint density at radius 1 is 0.783 bits per heavy atom. The number of hydrogen-bond donors (Lipinski definition) is 2. The van der Waals surface area contributed by atoms with E-state index in [2.05, 4.69) is 79.5 Å². The van der Waals surface area contributed by atoms with Crippen LogP contribution in [0, 0.1) is 0 Å². The van der Waals surface area contributed by atoms with Gasteiger partial charge in [0, 0.05) is 27.2 Å². The zero-order valence-electron chi connectivity index (χ0n) is 27.0. The molecule has 0 atom stereocenters. The lowest BCUT2D eigenvalue weighted by atomic mass is 9.88. The molecule has 258 valence electrons. The first kappa shape index (κ1) is 45.0. The number of rotatable bonds is 11. The summed E-state index contributed by atoms with van der Waals surface area (Å²) in [6, 6.07) is 9.52. The van der Waals surface area contributed by atoms with Crippen LogP contribution in [0.3, 0.4) is 0 Å². The van der Waals surface area contributed by atoms with Gasteiger partial charge in [0.05, 0.1) is 33.7 Å². The Bertz CT molecular complexity index is 1220. The molecule has 0 aliphatic rings. The van der Waals surface area contributed by atoms with Crippen LogP contribution in [0.5, 0.6) is 0 Å². The van der Waals surface area contributed by atoms with Crippen molar-refractivity contribution in [2.45, 2.75) is 0 Å². The number of hydrogen-bond acceptors (Lipinski definition) is 14. The molecule has 0 spiro atoms. The molecule has 3 heterocycles. The van der Waals surface area contributed by atoms with Crippen molar-refractivity contribution in [3.05, 3.63) is 63.5 Å². The Labute approximate surface area is 285 Å². The van der Waals surface area contributed by atoms with Gasteiger partial charge in [0.1, 0.15) is 5.66 Å². The van der Waals surface area contributed by atoms with Gasteiger partial charge >= 0.3 is 25.1 Å². The van der Waals surface area contributed by atoms with E-state index >= 15 is 0 Å². The molecule has 2 amide bonds. The lowest BCUT2D eigenvalue weighted by Gasteiger charge is -2.12. The Morgan fingerprint density at radius 3 is 1.52 bits per heavy atom. The average Bonchev–Trinajstić information content (AvgIpc) is 3.79. The number of furan rings is 3. The zero-order chi connectivity index (χ0) is 35.7. The normalized spacial score (nSPS) is 9.70. The van der Waals surface area contributed by atoms with Crippen LogP contribution in [0.4, 0.5) is 0 Å². The highest BCUT2D eigenvalue weighted by atomic mass is 79.9. The highest BCUT2D eigenvalue weighted by Crippen LogP contribution is 2.15. The number of hydroxylamine groups is 4. The fraction of sp³-hybridized carbons (Fsp3) is 0.444. The summed E-state index contributed by atoms with van der Waals surface area (Å²) in [5, 5.41) is 19.5. The molecule has 16 nitrogen and oxygen atoms in total. The molecular weight excluding hydrogens is 743 g/mol. The monoisotopic (exact) mass is 782 g/mol. The van der Waals surface area contributed by atoms with E-state index in [1.807, 2.05) is 12.1 Å². The molecule has 3 rings (SSSR count). The Morgan fingerprint density at radius 2 is 1.24 bits per heavy atom. The number of halogens is 2. The van der Waals surface area contributed by atoms with Crippen LogP contribution >= 0.6 is 31.9 Å². The van der Waals surface area contributed by atoms with Gasteiger partial charge in [-0.25, -0.2) is 10.1 Å². The number of likely N-dealkylation sites (N-methyl/N-ethyl adjacent to an activating group) is 2. The predicted octanol–water partition coefficient (Wildman–Crippen LogP) is 1.85. The van der Waals surface area contributed by atoms with Crippen LogP contribution in [-0.4, -0.2) is 138 Å². The van der Waals surface area contributed by atoms with Crippen molar-refractivity contribution in [2.75, 3.05) is 82.8 Å². The van der Waals surface area contributed by atoms with Crippen molar-refractivity contribution >= 4 is 62.6 Å². The summed E-state index contributed by atoms with van der Waals surface area (Å²) in [5.74, 6) is -0.591. The quantitative estimate of drug-likeness (QED) is 0.163. The number of nitrogens with zero attached hydrogens (tertiary/aromatic N) is 4.